The topological polar surface area (TPSA) is 67.2 Å². The quantitative estimate of drug-likeness (QED) is 0.834. The van der Waals surface area contributed by atoms with Gasteiger partial charge in [0.15, 0.2) is 0 Å². The van der Waals surface area contributed by atoms with E-state index >= 15 is 0 Å². The molecule has 2 aliphatic rings. The normalized spacial score (nSPS) is 22.6. The Morgan fingerprint density at radius 3 is 2.84 bits per heavy atom. The molecule has 2 amide bonds. The lowest BCUT2D eigenvalue weighted by molar-refractivity contribution is -0.141. The summed E-state index contributed by atoms with van der Waals surface area (Å²) in [6, 6.07) is -0.361. The second-order valence-electron chi connectivity index (χ2n) is 5.27. The van der Waals surface area contributed by atoms with E-state index in [1.807, 2.05) is 4.57 Å². The summed E-state index contributed by atoms with van der Waals surface area (Å²) in [5.74, 6) is 0.276. The molecule has 0 spiro atoms. The van der Waals surface area contributed by atoms with Crippen molar-refractivity contribution in [3.05, 3.63) is 18.2 Å². The monoisotopic (exact) mass is 262 g/mol. The molecule has 102 valence electrons. The van der Waals surface area contributed by atoms with Crippen molar-refractivity contribution in [1.82, 2.24) is 19.8 Å². The molecule has 1 fully saturated rings. The lowest BCUT2D eigenvalue weighted by atomic mass is 9.84. The van der Waals surface area contributed by atoms with Crippen LogP contribution in [0.25, 0.3) is 0 Å². The number of rotatable bonds is 2. The molecule has 1 unspecified atom stereocenters. The highest BCUT2D eigenvalue weighted by Crippen LogP contribution is 2.31. The number of hydrogen-bond acceptors (Lipinski definition) is 3. The van der Waals surface area contributed by atoms with Gasteiger partial charge in [-0.05, 0) is 12.8 Å². The fraction of sp³-hybridized carbons (Fsp3) is 0.615. The van der Waals surface area contributed by atoms with Crippen molar-refractivity contribution < 1.29 is 9.59 Å². The number of carbonyl (C=O) groups is 2. The molecule has 1 saturated carbocycles. The Hall–Kier alpha value is -1.85. The molecule has 1 atom stereocenters. The van der Waals surface area contributed by atoms with E-state index in [1.54, 1.807) is 24.5 Å². The van der Waals surface area contributed by atoms with Gasteiger partial charge >= 0.3 is 0 Å². The molecule has 1 aromatic rings. The zero-order valence-corrected chi connectivity index (χ0v) is 11.0. The number of imidazole rings is 1. The lowest BCUT2D eigenvalue weighted by Gasteiger charge is -2.37. The summed E-state index contributed by atoms with van der Waals surface area (Å²) in [6.45, 7) is 1.00. The zero-order chi connectivity index (χ0) is 13.4. The van der Waals surface area contributed by atoms with Crippen molar-refractivity contribution in [1.29, 1.82) is 0 Å². The lowest BCUT2D eigenvalue weighted by Crippen LogP contribution is -2.48. The van der Waals surface area contributed by atoms with Crippen LogP contribution in [-0.2, 0) is 16.1 Å². The van der Waals surface area contributed by atoms with Gasteiger partial charge in [0.1, 0.15) is 6.04 Å². The largest absolute Gasteiger partial charge is 0.357 e. The maximum Gasteiger partial charge on any atom is 0.244 e. The van der Waals surface area contributed by atoms with E-state index in [9.17, 15) is 9.59 Å². The van der Waals surface area contributed by atoms with Gasteiger partial charge in [-0.15, -0.1) is 0 Å². The van der Waals surface area contributed by atoms with Gasteiger partial charge in [-0.25, -0.2) is 4.98 Å². The van der Waals surface area contributed by atoms with Gasteiger partial charge in [0.25, 0.3) is 0 Å². The van der Waals surface area contributed by atoms with E-state index in [0.29, 0.717) is 13.1 Å². The Balaban J connectivity index is 1.83. The molecule has 1 aliphatic heterocycles. The van der Waals surface area contributed by atoms with Crippen LogP contribution >= 0.6 is 0 Å². The highest BCUT2D eigenvalue weighted by molar-refractivity contribution is 5.83. The molecule has 0 radical (unpaired) electrons. The van der Waals surface area contributed by atoms with Crippen LogP contribution < -0.4 is 5.32 Å². The van der Waals surface area contributed by atoms with Crippen molar-refractivity contribution in [2.75, 3.05) is 13.6 Å². The second kappa shape index (κ2) is 4.68. The fourth-order valence-corrected chi connectivity index (χ4v) is 2.75. The first-order chi connectivity index (χ1) is 9.20. The Morgan fingerprint density at radius 1 is 1.42 bits per heavy atom. The minimum atomic E-state index is -0.361. The predicted octanol–water partition coefficient (Wildman–Crippen LogP) is 0.312. The standard InChI is InChI=1S/C13H18N4O2/c1-14-12(18)11-7-16(13(19)9-3-2-4-9)6-10-5-15-8-17(10)11/h5,8-9,11H,2-4,6-7H2,1H3,(H,14,18). The molecular formula is C13H18N4O2. The summed E-state index contributed by atoms with van der Waals surface area (Å²) < 4.78 is 1.86. The van der Waals surface area contributed by atoms with Crippen molar-refractivity contribution in [3.8, 4) is 0 Å². The SMILES string of the molecule is CNC(=O)C1CN(C(=O)C2CCC2)Cc2cncn21. The van der Waals surface area contributed by atoms with Gasteiger partial charge in [-0.2, -0.15) is 0 Å². The number of carbonyl (C=O) groups excluding carboxylic acids is 2. The molecule has 1 aliphatic carbocycles. The third-order valence-corrected chi connectivity index (χ3v) is 4.14. The van der Waals surface area contributed by atoms with Gasteiger partial charge in [0, 0.05) is 19.2 Å². The molecule has 0 saturated heterocycles. The fourth-order valence-electron chi connectivity index (χ4n) is 2.75. The minimum Gasteiger partial charge on any atom is -0.357 e. The predicted molar refractivity (Wildman–Crippen MR) is 68.1 cm³/mol. The van der Waals surface area contributed by atoms with Crippen LogP contribution in [0.1, 0.15) is 31.0 Å². The van der Waals surface area contributed by atoms with Gasteiger partial charge in [0.2, 0.25) is 11.8 Å². The molecule has 6 heteroatoms. The molecule has 1 aromatic heterocycles. The summed E-state index contributed by atoms with van der Waals surface area (Å²) in [4.78, 5) is 30.2. The third kappa shape index (κ3) is 2.01. The van der Waals surface area contributed by atoms with E-state index in [2.05, 4.69) is 10.3 Å². The van der Waals surface area contributed by atoms with E-state index in [4.69, 9.17) is 0 Å². The highest BCUT2D eigenvalue weighted by Gasteiger charge is 2.36. The number of nitrogens with zero attached hydrogens (tertiary/aromatic N) is 3. The molecule has 1 N–H and O–H groups in total. The van der Waals surface area contributed by atoms with Crippen molar-refractivity contribution >= 4 is 11.8 Å². The molecule has 3 rings (SSSR count). The van der Waals surface area contributed by atoms with Crippen LogP contribution in [0, 0.1) is 5.92 Å². The van der Waals surface area contributed by atoms with Crippen LogP contribution in [0.2, 0.25) is 0 Å². The van der Waals surface area contributed by atoms with Crippen LogP contribution in [0.4, 0.5) is 0 Å². The number of nitrogens with one attached hydrogen (secondary N) is 1. The zero-order valence-electron chi connectivity index (χ0n) is 11.0. The van der Waals surface area contributed by atoms with Crippen molar-refractivity contribution in [2.45, 2.75) is 31.8 Å². The van der Waals surface area contributed by atoms with Gasteiger partial charge in [-0.1, -0.05) is 6.42 Å². The molecule has 2 heterocycles. The summed E-state index contributed by atoms with van der Waals surface area (Å²) in [5.41, 5.74) is 0.924. The average Bonchev–Trinajstić information content (AvgIpc) is 2.82. The Morgan fingerprint density at radius 2 is 2.21 bits per heavy atom. The Labute approximate surface area is 111 Å². The van der Waals surface area contributed by atoms with Gasteiger partial charge in [-0.3, -0.25) is 9.59 Å². The molecule has 6 nitrogen and oxygen atoms in total. The summed E-state index contributed by atoms with van der Waals surface area (Å²) in [5, 5.41) is 2.66. The number of hydrogen-bond donors (Lipinski definition) is 1. The first-order valence-corrected chi connectivity index (χ1v) is 6.72. The minimum absolute atomic E-state index is 0.0784. The number of fused-ring (bicyclic) bond motifs is 1. The number of amides is 2. The molecule has 0 bridgehead atoms. The van der Waals surface area contributed by atoms with Crippen molar-refractivity contribution in [2.24, 2.45) is 5.92 Å². The summed E-state index contributed by atoms with van der Waals surface area (Å²) in [6.07, 6.45) is 6.51. The van der Waals surface area contributed by atoms with E-state index in [-0.39, 0.29) is 23.8 Å². The highest BCUT2D eigenvalue weighted by atomic mass is 16.2. The summed E-state index contributed by atoms with van der Waals surface area (Å²) >= 11 is 0. The first kappa shape index (κ1) is 12.2. The van der Waals surface area contributed by atoms with Crippen LogP contribution in [0.3, 0.4) is 0 Å². The molecule has 19 heavy (non-hydrogen) atoms. The maximum atomic E-state index is 12.3. The van der Waals surface area contributed by atoms with Crippen LogP contribution in [0.15, 0.2) is 12.5 Å². The Kier molecular flexibility index (Phi) is 3.00. The van der Waals surface area contributed by atoms with Crippen LogP contribution in [-0.4, -0.2) is 39.9 Å². The molecule has 0 aromatic carbocycles. The Bertz CT molecular complexity index is 506. The van der Waals surface area contributed by atoms with E-state index in [0.717, 1.165) is 25.0 Å². The first-order valence-electron chi connectivity index (χ1n) is 6.72. The summed E-state index contributed by atoms with van der Waals surface area (Å²) in [7, 11) is 1.62. The van der Waals surface area contributed by atoms with Gasteiger partial charge in [0.05, 0.1) is 25.1 Å². The number of likely N-dealkylation sites (N-methyl/N-ethyl adjacent to an activating group) is 1. The molecular weight excluding hydrogens is 244 g/mol. The average molecular weight is 262 g/mol. The van der Waals surface area contributed by atoms with Crippen LogP contribution in [0.5, 0.6) is 0 Å². The third-order valence-electron chi connectivity index (χ3n) is 4.14. The van der Waals surface area contributed by atoms with Crippen molar-refractivity contribution in [3.63, 3.8) is 0 Å². The van der Waals surface area contributed by atoms with Gasteiger partial charge < -0.3 is 14.8 Å². The van der Waals surface area contributed by atoms with E-state index < -0.39 is 0 Å². The maximum absolute atomic E-state index is 12.3. The smallest absolute Gasteiger partial charge is 0.244 e. The van der Waals surface area contributed by atoms with E-state index in [1.165, 1.54) is 0 Å². The number of aromatic nitrogens is 2. The second-order valence-corrected chi connectivity index (χ2v) is 5.27.